The molecule has 2 heterocycles. The Balaban J connectivity index is 1.30. The van der Waals surface area contributed by atoms with E-state index in [9.17, 15) is 13.6 Å². The first-order valence-corrected chi connectivity index (χ1v) is 10.7. The number of amides is 1. The van der Waals surface area contributed by atoms with E-state index in [0.717, 1.165) is 30.5 Å². The maximum Gasteiger partial charge on any atom is 0.214 e. The van der Waals surface area contributed by atoms with Gasteiger partial charge in [-0.25, -0.2) is 8.78 Å². The summed E-state index contributed by atoms with van der Waals surface area (Å²) in [6.45, 7) is 0.320. The lowest BCUT2D eigenvalue weighted by molar-refractivity contribution is -0.107. The summed E-state index contributed by atoms with van der Waals surface area (Å²) in [6, 6.07) is 14.5. The van der Waals surface area contributed by atoms with E-state index >= 15 is 0 Å². The highest BCUT2D eigenvalue weighted by Crippen LogP contribution is 2.45. The second-order valence-corrected chi connectivity index (χ2v) is 8.57. The van der Waals surface area contributed by atoms with E-state index in [1.54, 1.807) is 11.0 Å². The molecule has 1 amide bonds. The summed E-state index contributed by atoms with van der Waals surface area (Å²) in [5.74, 6) is 0.105. The third-order valence-corrected chi connectivity index (χ3v) is 6.25. The SMILES string of the molecule is O=CN(c1cccc(-c2ccc(NCC3(c4ncccc4F)CC(F)C3)nn2)c1)C1CC1. The van der Waals surface area contributed by atoms with Crippen LogP contribution < -0.4 is 10.2 Å². The van der Waals surface area contributed by atoms with Crippen molar-refractivity contribution in [1.82, 2.24) is 15.2 Å². The molecule has 0 spiro atoms. The molecule has 0 saturated heterocycles. The molecular formula is C24H23F2N5O. The molecule has 2 aromatic heterocycles. The maximum absolute atomic E-state index is 14.3. The van der Waals surface area contributed by atoms with Crippen LogP contribution >= 0.6 is 0 Å². The summed E-state index contributed by atoms with van der Waals surface area (Å²) < 4.78 is 28.0. The topological polar surface area (TPSA) is 71.0 Å². The molecule has 0 atom stereocenters. The van der Waals surface area contributed by atoms with Gasteiger partial charge in [-0.15, -0.1) is 10.2 Å². The van der Waals surface area contributed by atoms with Gasteiger partial charge < -0.3 is 10.2 Å². The minimum atomic E-state index is -0.958. The maximum atomic E-state index is 14.3. The molecule has 0 radical (unpaired) electrons. The van der Waals surface area contributed by atoms with Gasteiger partial charge in [0.1, 0.15) is 17.8 Å². The van der Waals surface area contributed by atoms with Gasteiger partial charge in [-0.3, -0.25) is 9.78 Å². The predicted molar refractivity (Wildman–Crippen MR) is 118 cm³/mol. The van der Waals surface area contributed by atoms with Crippen molar-refractivity contribution in [3.8, 4) is 11.3 Å². The monoisotopic (exact) mass is 435 g/mol. The number of halogens is 2. The van der Waals surface area contributed by atoms with Gasteiger partial charge in [0, 0.05) is 35.4 Å². The van der Waals surface area contributed by atoms with Crippen molar-refractivity contribution in [1.29, 1.82) is 0 Å². The molecule has 0 unspecified atom stereocenters. The van der Waals surface area contributed by atoms with Crippen molar-refractivity contribution in [3.63, 3.8) is 0 Å². The van der Waals surface area contributed by atoms with Crippen molar-refractivity contribution in [2.75, 3.05) is 16.8 Å². The van der Waals surface area contributed by atoms with Crippen LogP contribution in [0, 0.1) is 5.82 Å². The van der Waals surface area contributed by atoms with E-state index in [0.29, 0.717) is 18.1 Å². The molecule has 2 aliphatic rings. The first kappa shape index (κ1) is 20.5. The summed E-state index contributed by atoms with van der Waals surface area (Å²) in [6.07, 6.45) is 3.94. The highest BCUT2D eigenvalue weighted by molar-refractivity contribution is 5.79. The van der Waals surface area contributed by atoms with Crippen molar-refractivity contribution < 1.29 is 13.6 Å². The molecule has 1 N–H and O–H groups in total. The quantitative estimate of drug-likeness (QED) is 0.535. The van der Waals surface area contributed by atoms with E-state index in [-0.39, 0.29) is 24.6 Å². The number of rotatable bonds is 8. The molecule has 0 aliphatic heterocycles. The Morgan fingerprint density at radius 3 is 2.62 bits per heavy atom. The molecule has 2 saturated carbocycles. The smallest absolute Gasteiger partial charge is 0.214 e. The molecule has 164 valence electrons. The van der Waals surface area contributed by atoms with Crippen LogP contribution in [0.1, 0.15) is 31.4 Å². The number of nitrogens with one attached hydrogen (secondary N) is 1. The lowest BCUT2D eigenvalue weighted by Crippen LogP contribution is -2.49. The molecule has 2 aliphatic carbocycles. The molecule has 32 heavy (non-hydrogen) atoms. The van der Waals surface area contributed by atoms with Crippen LogP contribution in [0.4, 0.5) is 20.3 Å². The zero-order valence-corrected chi connectivity index (χ0v) is 17.4. The first-order valence-electron chi connectivity index (χ1n) is 10.7. The molecule has 6 nitrogen and oxygen atoms in total. The number of pyridine rings is 1. The third-order valence-electron chi connectivity index (χ3n) is 6.25. The number of carbonyl (C=O) groups is 1. The number of anilines is 2. The van der Waals surface area contributed by atoms with Crippen LogP contribution in [0.25, 0.3) is 11.3 Å². The predicted octanol–water partition coefficient (Wildman–Crippen LogP) is 4.28. The van der Waals surface area contributed by atoms with Gasteiger partial charge in [0.25, 0.3) is 0 Å². The Labute approximate surface area is 184 Å². The summed E-state index contributed by atoms with van der Waals surface area (Å²) in [5, 5.41) is 11.7. The van der Waals surface area contributed by atoms with Crippen molar-refractivity contribution >= 4 is 17.9 Å². The van der Waals surface area contributed by atoms with E-state index in [4.69, 9.17) is 0 Å². The standard InChI is InChI=1S/C24H23F2N5O/c25-17-12-24(13-17,23-20(26)5-2-10-27-23)14-28-22-9-8-21(29-30-22)16-3-1-4-19(11-16)31(15-32)18-6-7-18/h1-5,8-11,15,17-18H,6-7,12-14H2,(H,28,30). The number of nitrogens with zero attached hydrogens (tertiary/aromatic N) is 4. The Morgan fingerprint density at radius 1 is 1.12 bits per heavy atom. The van der Waals surface area contributed by atoms with Crippen LogP contribution in [0.5, 0.6) is 0 Å². The summed E-state index contributed by atoms with van der Waals surface area (Å²) in [7, 11) is 0. The third kappa shape index (κ3) is 3.92. The second-order valence-electron chi connectivity index (χ2n) is 8.57. The minimum Gasteiger partial charge on any atom is -0.368 e. The molecule has 5 rings (SSSR count). The molecule has 0 bridgehead atoms. The van der Waals surface area contributed by atoms with E-state index in [1.165, 1.54) is 18.3 Å². The number of hydrogen-bond acceptors (Lipinski definition) is 5. The van der Waals surface area contributed by atoms with Crippen LogP contribution in [0.2, 0.25) is 0 Å². The number of aromatic nitrogens is 3. The fourth-order valence-electron chi connectivity index (χ4n) is 4.36. The van der Waals surface area contributed by atoms with Crippen molar-refractivity contribution in [2.24, 2.45) is 0 Å². The Bertz CT molecular complexity index is 1110. The fraction of sp³-hybridized carbons (Fsp3) is 0.333. The van der Waals surface area contributed by atoms with Gasteiger partial charge in [0.15, 0.2) is 0 Å². The number of benzene rings is 1. The summed E-state index contributed by atoms with van der Waals surface area (Å²) in [5.41, 5.74) is 1.98. The average Bonchev–Trinajstić information content (AvgIpc) is 3.63. The first-order chi connectivity index (χ1) is 15.6. The number of hydrogen-bond donors (Lipinski definition) is 1. The molecule has 1 aromatic carbocycles. The normalized spacial score (nSPS) is 22.1. The van der Waals surface area contributed by atoms with Gasteiger partial charge in [-0.2, -0.15) is 0 Å². The van der Waals surface area contributed by atoms with Crippen molar-refractivity contribution in [3.05, 3.63) is 66.2 Å². The lowest BCUT2D eigenvalue weighted by Gasteiger charge is -2.44. The number of carbonyl (C=O) groups excluding carboxylic acids is 1. The van der Waals surface area contributed by atoms with E-state index in [1.807, 2.05) is 30.3 Å². The molecule has 2 fully saturated rings. The second kappa shape index (κ2) is 8.26. The van der Waals surface area contributed by atoms with Crippen LogP contribution in [-0.4, -0.2) is 40.3 Å². The zero-order valence-electron chi connectivity index (χ0n) is 17.4. The van der Waals surface area contributed by atoms with Crippen LogP contribution in [0.15, 0.2) is 54.7 Å². The van der Waals surface area contributed by atoms with Gasteiger partial charge in [0.2, 0.25) is 6.41 Å². The molecule has 8 heteroatoms. The highest BCUT2D eigenvalue weighted by Gasteiger charge is 2.48. The highest BCUT2D eigenvalue weighted by atomic mass is 19.1. The largest absolute Gasteiger partial charge is 0.368 e. The number of alkyl halides is 1. The van der Waals surface area contributed by atoms with Crippen molar-refractivity contribution in [2.45, 2.75) is 43.3 Å². The summed E-state index contributed by atoms with van der Waals surface area (Å²) in [4.78, 5) is 17.4. The lowest BCUT2D eigenvalue weighted by atomic mass is 9.65. The van der Waals surface area contributed by atoms with Gasteiger partial charge in [0.05, 0.1) is 11.4 Å². The Hall–Kier alpha value is -3.42. The van der Waals surface area contributed by atoms with Crippen LogP contribution in [-0.2, 0) is 10.2 Å². The molecular weight excluding hydrogens is 412 g/mol. The van der Waals surface area contributed by atoms with Crippen LogP contribution in [0.3, 0.4) is 0 Å². The zero-order chi connectivity index (χ0) is 22.1. The molecule has 3 aromatic rings. The average molecular weight is 435 g/mol. The Morgan fingerprint density at radius 2 is 1.97 bits per heavy atom. The Kier molecular flexibility index (Phi) is 5.28. The minimum absolute atomic E-state index is 0.223. The van der Waals surface area contributed by atoms with E-state index in [2.05, 4.69) is 20.5 Å². The van der Waals surface area contributed by atoms with Gasteiger partial charge in [-0.05, 0) is 62.1 Å². The van der Waals surface area contributed by atoms with Gasteiger partial charge in [-0.1, -0.05) is 12.1 Å². The fourth-order valence-corrected chi connectivity index (χ4v) is 4.36. The van der Waals surface area contributed by atoms with E-state index < -0.39 is 17.4 Å². The van der Waals surface area contributed by atoms with Gasteiger partial charge >= 0.3 is 0 Å². The summed E-state index contributed by atoms with van der Waals surface area (Å²) >= 11 is 0.